The molecule has 1 aromatic carbocycles. The number of aromatic amines is 1. The van der Waals surface area contributed by atoms with Crippen LogP contribution in [0.15, 0.2) is 24.3 Å². The molecule has 28 heavy (non-hydrogen) atoms. The summed E-state index contributed by atoms with van der Waals surface area (Å²) in [6.07, 6.45) is 5.21. The van der Waals surface area contributed by atoms with Crippen molar-refractivity contribution < 1.29 is 19.2 Å². The number of methoxy groups -OCH3 is 1. The minimum Gasteiger partial charge on any atom is -0.467 e. The third-order valence-electron chi connectivity index (χ3n) is 6.55. The number of benzene rings is 1. The van der Waals surface area contributed by atoms with E-state index in [4.69, 9.17) is 4.74 Å². The SMILES string of the molecule is CC[C@@H]1CCCC[NH+]1CC(=O)N1Cc2[nH]c3ccccc3c2C[C@H]1C(=O)OC. The Kier molecular flexibility index (Phi) is 5.40. The monoisotopic (exact) mass is 384 g/mol. The second kappa shape index (κ2) is 7.95. The van der Waals surface area contributed by atoms with Gasteiger partial charge in [-0.25, -0.2) is 4.79 Å². The highest BCUT2D eigenvalue weighted by atomic mass is 16.5. The molecule has 1 saturated heterocycles. The lowest BCUT2D eigenvalue weighted by molar-refractivity contribution is -0.923. The van der Waals surface area contributed by atoms with E-state index in [-0.39, 0.29) is 11.9 Å². The van der Waals surface area contributed by atoms with Gasteiger partial charge in [0.25, 0.3) is 5.91 Å². The van der Waals surface area contributed by atoms with E-state index >= 15 is 0 Å². The minimum absolute atomic E-state index is 0.0510. The van der Waals surface area contributed by atoms with Crippen LogP contribution in [0.4, 0.5) is 0 Å². The Balaban J connectivity index is 1.60. The van der Waals surface area contributed by atoms with Gasteiger partial charge in [-0.2, -0.15) is 0 Å². The number of esters is 1. The predicted molar refractivity (Wildman–Crippen MR) is 107 cm³/mol. The van der Waals surface area contributed by atoms with E-state index in [2.05, 4.69) is 18.0 Å². The van der Waals surface area contributed by atoms with Crippen LogP contribution in [-0.2, 0) is 27.3 Å². The number of rotatable bonds is 4. The van der Waals surface area contributed by atoms with Crippen LogP contribution in [0.1, 0.15) is 43.9 Å². The summed E-state index contributed by atoms with van der Waals surface area (Å²) in [5, 5.41) is 1.13. The van der Waals surface area contributed by atoms with Gasteiger partial charge in [-0.05, 0) is 37.3 Å². The number of carbonyl (C=O) groups excluding carboxylic acids is 2. The van der Waals surface area contributed by atoms with E-state index in [0.29, 0.717) is 25.6 Å². The predicted octanol–water partition coefficient (Wildman–Crippen LogP) is 1.44. The van der Waals surface area contributed by atoms with Gasteiger partial charge in [0.15, 0.2) is 6.54 Å². The van der Waals surface area contributed by atoms with Gasteiger partial charge in [-0.3, -0.25) is 4.79 Å². The molecular formula is C22H30N3O3+. The van der Waals surface area contributed by atoms with E-state index in [1.165, 1.54) is 31.3 Å². The number of nitrogens with zero attached hydrogens (tertiary/aromatic N) is 1. The summed E-state index contributed by atoms with van der Waals surface area (Å²) in [6, 6.07) is 8.11. The molecule has 6 heteroatoms. The number of nitrogens with one attached hydrogen (secondary N) is 2. The highest BCUT2D eigenvalue weighted by Gasteiger charge is 2.39. The summed E-state index contributed by atoms with van der Waals surface area (Å²) >= 11 is 0. The van der Waals surface area contributed by atoms with Crippen molar-refractivity contribution in [2.24, 2.45) is 0 Å². The molecule has 1 amide bonds. The van der Waals surface area contributed by atoms with E-state index in [1.807, 2.05) is 18.2 Å². The standard InChI is InChI=1S/C22H29N3O3/c1-3-15-8-6-7-11-24(15)14-21(26)25-13-19-17(12-20(25)22(27)28-2)16-9-4-5-10-18(16)23-19/h4-5,9-10,15,20,23H,3,6-8,11-14H2,1-2H3/p+1/t15-,20+/m1/s1. The maximum atomic E-state index is 13.3. The Bertz CT molecular complexity index is 875. The third-order valence-corrected chi connectivity index (χ3v) is 6.55. The van der Waals surface area contributed by atoms with E-state index in [1.54, 1.807) is 4.90 Å². The molecule has 1 aromatic heterocycles. The number of hydrogen-bond donors (Lipinski definition) is 2. The number of carbonyl (C=O) groups is 2. The van der Waals surface area contributed by atoms with E-state index in [9.17, 15) is 9.59 Å². The number of quaternary nitrogens is 1. The average molecular weight is 385 g/mol. The second-order valence-corrected chi connectivity index (χ2v) is 8.08. The molecular weight excluding hydrogens is 354 g/mol. The molecule has 1 unspecified atom stereocenters. The first kappa shape index (κ1) is 19.0. The zero-order valence-electron chi connectivity index (χ0n) is 16.8. The summed E-state index contributed by atoms with van der Waals surface area (Å²) < 4.78 is 5.06. The van der Waals surface area contributed by atoms with Gasteiger partial charge in [0, 0.05) is 23.0 Å². The summed E-state index contributed by atoms with van der Waals surface area (Å²) in [5.41, 5.74) is 3.22. The number of piperidine rings is 1. The fourth-order valence-corrected chi connectivity index (χ4v) is 4.99. The van der Waals surface area contributed by atoms with Crippen LogP contribution in [-0.4, -0.2) is 54.0 Å². The molecule has 1 fully saturated rings. The molecule has 0 aliphatic carbocycles. The summed E-state index contributed by atoms with van der Waals surface area (Å²) in [4.78, 5) is 32.3. The largest absolute Gasteiger partial charge is 0.467 e. The number of H-pyrrole nitrogens is 1. The highest BCUT2D eigenvalue weighted by Crippen LogP contribution is 2.30. The van der Waals surface area contributed by atoms with Gasteiger partial charge in [-0.1, -0.05) is 25.1 Å². The smallest absolute Gasteiger partial charge is 0.328 e. The van der Waals surface area contributed by atoms with Crippen LogP contribution < -0.4 is 4.90 Å². The topological polar surface area (TPSA) is 66.8 Å². The molecule has 2 aliphatic rings. The maximum Gasteiger partial charge on any atom is 0.328 e. The van der Waals surface area contributed by atoms with Crippen molar-refractivity contribution in [3.05, 3.63) is 35.5 Å². The number of aromatic nitrogens is 1. The number of likely N-dealkylation sites (tertiary alicyclic amines) is 1. The molecule has 0 spiro atoms. The van der Waals surface area contributed by atoms with Gasteiger partial charge in [-0.15, -0.1) is 0 Å². The molecule has 4 rings (SSSR count). The molecule has 0 bridgehead atoms. The molecule has 2 aromatic rings. The maximum absolute atomic E-state index is 13.3. The summed E-state index contributed by atoms with van der Waals surface area (Å²) in [7, 11) is 1.40. The number of fused-ring (bicyclic) bond motifs is 3. The van der Waals surface area contributed by atoms with Crippen LogP contribution in [0.5, 0.6) is 0 Å². The first-order chi connectivity index (χ1) is 13.6. The third kappa shape index (κ3) is 3.41. The van der Waals surface area contributed by atoms with Crippen molar-refractivity contribution in [3.63, 3.8) is 0 Å². The Morgan fingerprint density at radius 1 is 1.29 bits per heavy atom. The van der Waals surface area contributed by atoms with Crippen LogP contribution in [0.3, 0.4) is 0 Å². The zero-order chi connectivity index (χ0) is 19.7. The fourth-order valence-electron chi connectivity index (χ4n) is 4.99. The van der Waals surface area contributed by atoms with Crippen molar-refractivity contribution in [2.75, 3.05) is 20.2 Å². The van der Waals surface area contributed by atoms with E-state index < -0.39 is 6.04 Å². The van der Waals surface area contributed by atoms with E-state index in [0.717, 1.165) is 35.1 Å². The molecule has 150 valence electrons. The summed E-state index contributed by atoms with van der Waals surface area (Å²) in [6.45, 7) is 4.14. The normalized spacial score (nSPS) is 24.8. The van der Waals surface area contributed by atoms with Crippen LogP contribution in [0.25, 0.3) is 10.9 Å². The van der Waals surface area contributed by atoms with Crippen molar-refractivity contribution in [1.29, 1.82) is 0 Å². The van der Waals surface area contributed by atoms with Crippen molar-refractivity contribution in [3.8, 4) is 0 Å². The first-order valence-electron chi connectivity index (χ1n) is 10.4. The highest BCUT2D eigenvalue weighted by molar-refractivity contribution is 5.90. The zero-order valence-corrected chi connectivity index (χ0v) is 16.8. The number of ether oxygens (including phenoxy) is 1. The Hall–Kier alpha value is -2.34. The molecule has 0 radical (unpaired) electrons. The van der Waals surface area contributed by atoms with Crippen molar-refractivity contribution in [2.45, 2.75) is 57.7 Å². The number of para-hydroxylation sites is 1. The molecule has 2 N–H and O–H groups in total. The Morgan fingerprint density at radius 2 is 2.11 bits per heavy atom. The molecule has 3 heterocycles. The van der Waals surface area contributed by atoms with Crippen LogP contribution in [0, 0.1) is 0 Å². The summed E-state index contributed by atoms with van der Waals surface area (Å²) in [5.74, 6) is -0.278. The average Bonchev–Trinajstić information content (AvgIpc) is 3.10. The lowest BCUT2D eigenvalue weighted by Crippen LogP contribution is -3.17. The lowest BCUT2D eigenvalue weighted by atomic mass is 9.96. The fraction of sp³-hybridized carbons (Fsp3) is 0.545. The molecule has 6 nitrogen and oxygen atoms in total. The van der Waals surface area contributed by atoms with Gasteiger partial charge >= 0.3 is 5.97 Å². The second-order valence-electron chi connectivity index (χ2n) is 8.08. The molecule has 2 aliphatic heterocycles. The van der Waals surface area contributed by atoms with Crippen LogP contribution >= 0.6 is 0 Å². The molecule has 0 saturated carbocycles. The number of amides is 1. The van der Waals surface area contributed by atoms with Gasteiger partial charge in [0.1, 0.15) is 6.04 Å². The van der Waals surface area contributed by atoms with Crippen molar-refractivity contribution in [1.82, 2.24) is 9.88 Å². The first-order valence-corrected chi connectivity index (χ1v) is 10.4. The Morgan fingerprint density at radius 3 is 2.89 bits per heavy atom. The number of hydrogen-bond acceptors (Lipinski definition) is 3. The lowest BCUT2D eigenvalue weighted by Gasteiger charge is -2.37. The van der Waals surface area contributed by atoms with Crippen molar-refractivity contribution >= 4 is 22.8 Å². The van der Waals surface area contributed by atoms with Gasteiger partial charge in [0.05, 0.1) is 26.2 Å². The molecule has 3 atom stereocenters. The van der Waals surface area contributed by atoms with Gasteiger partial charge < -0.3 is 19.5 Å². The minimum atomic E-state index is -0.548. The Labute approximate surface area is 165 Å². The van der Waals surface area contributed by atoms with Crippen LogP contribution in [0.2, 0.25) is 0 Å². The van der Waals surface area contributed by atoms with Gasteiger partial charge in [0.2, 0.25) is 0 Å². The quantitative estimate of drug-likeness (QED) is 0.784.